The van der Waals surface area contributed by atoms with Gasteiger partial charge in [-0.05, 0) is 24.1 Å². The molecular weight excluding hydrogens is 283 g/mol. The highest BCUT2D eigenvalue weighted by molar-refractivity contribution is 7.89. The molecule has 112 valence electrons. The maximum atomic E-state index is 12.7. The molecule has 0 aliphatic rings. The van der Waals surface area contributed by atoms with Crippen molar-refractivity contribution >= 4 is 15.9 Å². The van der Waals surface area contributed by atoms with Gasteiger partial charge in [0.15, 0.2) is 0 Å². The number of carbonyl (C=O) groups is 1. The fraction of sp³-hybridized carbons (Fsp3) is 0.462. The zero-order valence-corrected chi connectivity index (χ0v) is 12.2. The van der Waals surface area contributed by atoms with Crippen molar-refractivity contribution in [3.8, 4) is 0 Å². The van der Waals surface area contributed by atoms with Crippen LogP contribution in [0.1, 0.15) is 25.3 Å². The van der Waals surface area contributed by atoms with E-state index in [1.165, 1.54) is 12.1 Å². The highest BCUT2D eigenvalue weighted by atomic mass is 32.2. The Kier molecular flexibility index (Phi) is 6.60. The highest BCUT2D eigenvalue weighted by Gasteiger charge is 2.11. The summed E-state index contributed by atoms with van der Waals surface area (Å²) in [5.41, 5.74) is 0.744. The Bertz CT molecular complexity index is 529. The molecule has 1 amide bonds. The minimum Gasteiger partial charge on any atom is -0.351 e. The molecule has 5 nitrogen and oxygen atoms in total. The largest absolute Gasteiger partial charge is 0.351 e. The number of carbonyl (C=O) groups excluding carboxylic acids is 1. The lowest BCUT2D eigenvalue weighted by Gasteiger charge is -2.07. The van der Waals surface area contributed by atoms with E-state index in [0.29, 0.717) is 6.42 Å². The Balaban J connectivity index is 2.32. The van der Waals surface area contributed by atoms with Crippen LogP contribution < -0.4 is 10.0 Å². The van der Waals surface area contributed by atoms with Gasteiger partial charge in [0.2, 0.25) is 15.9 Å². The smallest absolute Gasteiger partial charge is 0.235 e. The number of sulfonamides is 1. The van der Waals surface area contributed by atoms with Crippen LogP contribution in [0.3, 0.4) is 0 Å². The van der Waals surface area contributed by atoms with Gasteiger partial charge in [-0.25, -0.2) is 17.5 Å². The first-order valence-electron chi connectivity index (χ1n) is 6.41. The van der Waals surface area contributed by atoms with Gasteiger partial charge in [0, 0.05) is 6.54 Å². The molecule has 0 fully saturated rings. The van der Waals surface area contributed by atoms with E-state index >= 15 is 0 Å². The molecule has 7 heteroatoms. The Labute approximate surface area is 118 Å². The Morgan fingerprint density at radius 2 is 1.90 bits per heavy atom. The molecule has 0 saturated carbocycles. The van der Waals surface area contributed by atoms with Crippen molar-refractivity contribution in [3.63, 3.8) is 0 Å². The zero-order valence-electron chi connectivity index (χ0n) is 11.4. The van der Waals surface area contributed by atoms with E-state index in [-0.39, 0.29) is 24.7 Å². The van der Waals surface area contributed by atoms with Crippen LogP contribution in [0.25, 0.3) is 0 Å². The third-order valence-corrected chi connectivity index (χ3v) is 4.03. The molecule has 0 aromatic heterocycles. The number of halogens is 1. The molecule has 0 atom stereocenters. The third kappa shape index (κ3) is 6.63. The molecule has 0 unspecified atom stereocenters. The summed E-state index contributed by atoms with van der Waals surface area (Å²) in [6.07, 6.45) is 1.34. The van der Waals surface area contributed by atoms with Crippen LogP contribution >= 0.6 is 0 Å². The molecule has 0 aliphatic heterocycles. The van der Waals surface area contributed by atoms with Gasteiger partial charge in [-0.3, -0.25) is 4.79 Å². The lowest BCUT2D eigenvalue weighted by Crippen LogP contribution is -2.37. The average Bonchev–Trinajstić information content (AvgIpc) is 2.42. The molecule has 0 spiro atoms. The van der Waals surface area contributed by atoms with E-state index in [1.807, 2.05) is 6.92 Å². The summed E-state index contributed by atoms with van der Waals surface area (Å²) >= 11 is 0. The van der Waals surface area contributed by atoms with Gasteiger partial charge in [-0.1, -0.05) is 25.5 Å². The molecule has 0 bridgehead atoms. The molecule has 0 aliphatic carbocycles. The van der Waals surface area contributed by atoms with E-state index in [9.17, 15) is 17.6 Å². The summed E-state index contributed by atoms with van der Waals surface area (Å²) in [6, 6.07) is 5.71. The molecular formula is C13H19FN2O3S. The van der Waals surface area contributed by atoms with Crippen molar-refractivity contribution < 1.29 is 17.6 Å². The molecule has 1 aromatic carbocycles. The first-order valence-corrected chi connectivity index (χ1v) is 8.06. The van der Waals surface area contributed by atoms with E-state index in [4.69, 9.17) is 0 Å². The number of unbranched alkanes of at least 4 members (excludes halogenated alkanes) is 1. The van der Waals surface area contributed by atoms with Crippen molar-refractivity contribution in [3.05, 3.63) is 35.6 Å². The van der Waals surface area contributed by atoms with E-state index in [0.717, 1.165) is 12.0 Å². The number of benzene rings is 1. The van der Waals surface area contributed by atoms with Gasteiger partial charge < -0.3 is 5.32 Å². The summed E-state index contributed by atoms with van der Waals surface area (Å²) < 4.78 is 37.9. The van der Waals surface area contributed by atoms with Crippen LogP contribution in [0, 0.1) is 5.82 Å². The highest BCUT2D eigenvalue weighted by Crippen LogP contribution is 2.01. The van der Waals surface area contributed by atoms with Crippen LogP contribution in [0.4, 0.5) is 4.39 Å². The molecule has 2 N–H and O–H groups in total. The monoisotopic (exact) mass is 302 g/mol. The van der Waals surface area contributed by atoms with Gasteiger partial charge in [0.25, 0.3) is 0 Å². The second kappa shape index (κ2) is 7.96. The normalized spacial score (nSPS) is 11.3. The van der Waals surface area contributed by atoms with Crippen molar-refractivity contribution in [2.75, 3.05) is 12.3 Å². The Morgan fingerprint density at radius 3 is 2.50 bits per heavy atom. The van der Waals surface area contributed by atoms with Crippen LogP contribution in [-0.2, 0) is 21.4 Å². The summed E-state index contributed by atoms with van der Waals surface area (Å²) in [7, 11) is -3.39. The summed E-state index contributed by atoms with van der Waals surface area (Å²) in [6.45, 7) is 1.84. The maximum absolute atomic E-state index is 12.7. The van der Waals surface area contributed by atoms with Crippen LogP contribution in [0.15, 0.2) is 24.3 Å². The first kappa shape index (κ1) is 16.6. The lowest BCUT2D eigenvalue weighted by atomic mass is 10.2. The molecule has 0 saturated heterocycles. The van der Waals surface area contributed by atoms with Crippen molar-refractivity contribution in [1.82, 2.24) is 10.0 Å². The number of amides is 1. The lowest BCUT2D eigenvalue weighted by molar-refractivity contribution is -0.120. The molecule has 0 radical (unpaired) electrons. The predicted molar refractivity (Wildman–Crippen MR) is 74.9 cm³/mol. The Hall–Kier alpha value is -1.47. The minimum atomic E-state index is -3.39. The van der Waals surface area contributed by atoms with Gasteiger partial charge in [-0.15, -0.1) is 0 Å². The van der Waals surface area contributed by atoms with E-state index < -0.39 is 15.9 Å². The fourth-order valence-electron chi connectivity index (χ4n) is 1.45. The summed E-state index contributed by atoms with van der Waals surface area (Å²) in [5, 5.41) is 2.56. The molecule has 20 heavy (non-hydrogen) atoms. The summed E-state index contributed by atoms with van der Waals surface area (Å²) in [4.78, 5) is 11.5. The zero-order chi connectivity index (χ0) is 15.0. The van der Waals surface area contributed by atoms with Gasteiger partial charge in [-0.2, -0.15) is 0 Å². The van der Waals surface area contributed by atoms with Crippen molar-refractivity contribution in [1.29, 1.82) is 0 Å². The Morgan fingerprint density at radius 1 is 1.25 bits per heavy atom. The fourth-order valence-corrected chi connectivity index (χ4v) is 2.61. The van der Waals surface area contributed by atoms with E-state index in [1.54, 1.807) is 12.1 Å². The SMILES string of the molecule is CCCCS(=O)(=O)NCC(=O)NCc1ccc(F)cc1. The minimum absolute atomic E-state index is 0.0226. The molecule has 0 heterocycles. The van der Waals surface area contributed by atoms with Gasteiger partial charge in [0.1, 0.15) is 5.82 Å². The van der Waals surface area contributed by atoms with Crippen molar-refractivity contribution in [2.45, 2.75) is 26.3 Å². The average molecular weight is 302 g/mol. The van der Waals surface area contributed by atoms with Crippen molar-refractivity contribution in [2.24, 2.45) is 0 Å². The standard InChI is InChI=1S/C13H19FN2O3S/c1-2-3-8-20(18,19)16-10-13(17)15-9-11-4-6-12(14)7-5-11/h4-7,16H,2-3,8-10H2,1H3,(H,15,17). The third-order valence-electron chi connectivity index (χ3n) is 2.62. The summed E-state index contributed by atoms with van der Waals surface area (Å²) in [5.74, 6) is -0.743. The van der Waals surface area contributed by atoms with Gasteiger partial charge in [0.05, 0.1) is 12.3 Å². The number of nitrogens with one attached hydrogen (secondary N) is 2. The number of hydrogen-bond donors (Lipinski definition) is 2. The second-order valence-electron chi connectivity index (χ2n) is 4.40. The first-order chi connectivity index (χ1) is 9.43. The quantitative estimate of drug-likeness (QED) is 0.756. The number of rotatable bonds is 8. The van der Waals surface area contributed by atoms with Crippen LogP contribution in [0.5, 0.6) is 0 Å². The predicted octanol–water partition coefficient (Wildman–Crippen LogP) is 1.16. The second-order valence-corrected chi connectivity index (χ2v) is 6.32. The molecule has 1 rings (SSSR count). The molecule has 1 aromatic rings. The van der Waals surface area contributed by atoms with E-state index in [2.05, 4.69) is 10.0 Å². The van der Waals surface area contributed by atoms with Gasteiger partial charge >= 0.3 is 0 Å². The topological polar surface area (TPSA) is 75.3 Å². The van der Waals surface area contributed by atoms with Crippen LogP contribution in [0.2, 0.25) is 0 Å². The van der Waals surface area contributed by atoms with Crippen LogP contribution in [-0.4, -0.2) is 26.6 Å². The maximum Gasteiger partial charge on any atom is 0.235 e. The number of hydrogen-bond acceptors (Lipinski definition) is 3.